The number of aromatic nitrogens is 3. The van der Waals surface area contributed by atoms with E-state index in [9.17, 15) is 4.79 Å². The Balaban J connectivity index is 1.83. The van der Waals surface area contributed by atoms with Crippen LogP contribution in [-0.4, -0.2) is 85.2 Å². The minimum absolute atomic E-state index is 0.0928. The van der Waals surface area contributed by atoms with Crippen LogP contribution in [0, 0.1) is 5.92 Å². The SMILES string of the molecule is CC(C)CCNc1nc(NCCCO)nc(NCc2ccc(C(=O)NCCOCCOCCN)cc2)n1. The third-order valence-corrected chi connectivity index (χ3v) is 5.09. The highest BCUT2D eigenvalue weighted by Gasteiger charge is 2.08. The normalized spacial score (nSPS) is 10.9. The fourth-order valence-electron chi connectivity index (χ4n) is 3.06. The van der Waals surface area contributed by atoms with Crippen LogP contribution in [0.4, 0.5) is 17.8 Å². The molecule has 0 aliphatic heterocycles. The van der Waals surface area contributed by atoms with E-state index in [2.05, 4.69) is 50.1 Å². The molecule has 2 rings (SSSR count). The maximum atomic E-state index is 12.3. The summed E-state index contributed by atoms with van der Waals surface area (Å²) in [7, 11) is 0. The number of carbonyl (C=O) groups is 1. The molecule has 0 saturated heterocycles. The Morgan fingerprint density at radius 1 is 0.892 bits per heavy atom. The number of benzene rings is 1. The Bertz CT molecular complexity index is 899. The van der Waals surface area contributed by atoms with E-state index in [-0.39, 0.29) is 12.5 Å². The molecule has 1 heterocycles. The van der Waals surface area contributed by atoms with Gasteiger partial charge in [0.15, 0.2) is 0 Å². The van der Waals surface area contributed by atoms with Crippen LogP contribution in [-0.2, 0) is 16.0 Å². The molecule has 7 N–H and O–H groups in total. The summed E-state index contributed by atoms with van der Waals surface area (Å²) >= 11 is 0. The molecule has 37 heavy (non-hydrogen) atoms. The van der Waals surface area contributed by atoms with Gasteiger partial charge in [0.25, 0.3) is 5.91 Å². The number of hydrogen-bond donors (Lipinski definition) is 6. The quantitative estimate of drug-likeness (QED) is 0.140. The average molecular weight is 519 g/mol. The van der Waals surface area contributed by atoms with Crippen LogP contribution in [0.1, 0.15) is 42.6 Å². The first kappa shape index (κ1) is 30.2. The molecule has 0 saturated carbocycles. The van der Waals surface area contributed by atoms with Gasteiger partial charge in [-0.05, 0) is 36.5 Å². The van der Waals surface area contributed by atoms with E-state index in [4.69, 9.17) is 20.3 Å². The molecule has 12 nitrogen and oxygen atoms in total. The topological polar surface area (TPSA) is 169 Å². The third kappa shape index (κ3) is 13.2. The van der Waals surface area contributed by atoms with Crippen molar-refractivity contribution >= 4 is 23.8 Å². The molecule has 0 bridgehead atoms. The molecule has 206 valence electrons. The lowest BCUT2D eigenvalue weighted by Gasteiger charge is -2.12. The van der Waals surface area contributed by atoms with Gasteiger partial charge < -0.3 is 41.6 Å². The highest BCUT2D eigenvalue weighted by molar-refractivity contribution is 5.94. The lowest BCUT2D eigenvalue weighted by atomic mass is 10.1. The molecule has 0 aliphatic rings. The van der Waals surface area contributed by atoms with Gasteiger partial charge >= 0.3 is 0 Å². The van der Waals surface area contributed by atoms with Crippen molar-refractivity contribution in [1.82, 2.24) is 20.3 Å². The van der Waals surface area contributed by atoms with Crippen LogP contribution in [0.25, 0.3) is 0 Å². The smallest absolute Gasteiger partial charge is 0.251 e. The second-order valence-electron chi connectivity index (χ2n) is 8.74. The van der Waals surface area contributed by atoms with Crippen LogP contribution >= 0.6 is 0 Å². The molecular formula is C25H42N8O4. The molecule has 0 aliphatic carbocycles. The lowest BCUT2D eigenvalue weighted by Crippen LogP contribution is -2.27. The third-order valence-electron chi connectivity index (χ3n) is 5.09. The monoisotopic (exact) mass is 518 g/mol. The lowest BCUT2D eigenvalue weighted by molar-refractivity contribution is 0.0511. The second kappa shape index (κ2) is 18.2. The Morgan fingerprint density at radius 3 is 2.14 bits per heavy atom. The summed E-state index contributed by atoms with van der Waals surface area (Å²) in [4.78, 5) is 25.6. The van der Waals surface area contributed by atoms with Crippen LogP contribution in [0.5, 0.6) is 0 Å². The second-order valence-corrected chi connectivity index (χ2v) is 8.74. The van der Waals surface area contributed by atoms with Gasteiger partial charge in [-0.1, -0.05) is 26.0 Å². The standard InChI is InChI=1S/C25H42N8O4/c1-19(2)8-11-29-24-31-23(28-10-3-13-34)32-25(33-24)30-18-20-4-6-21(7-5-20)22(35)27-12-15-37-17-16-36-14-9-26/h4-7,19,34H,3,8-18,26H2,1-2H3,(H,27,35)(H3,28,29,30,31,32,33). The van der Waals surface area contributed by atoms with E-state index in [1.54, 1.807) is 12.1 Å². The summed E-state index contributed by atoms with van der Waals surface area (Å²) in [6, 6.07) is 7.33. The first-order valence-electron chi connectivity index (χ1n) is 12.8. The minimum Gasteiger partial charge on any atom is -0.396 e. The molecule has 1 aromatic carbocycles. The van der Waals surface area contributed by atoms with E-state index < -0.39 is 0 Å². The molecule has 0 unspecified atom stereocenters. The zero-order chi connectivity index (χ0) is 26.7. The van der Waals surface area contributed by atoms with E-state index in [0.29, 0.717) is 88.4 Å². The van der Waals surface area contributed by atoms with Gasteiger partial charge in [0.05, 0.1) is 26.4 Å². The van der Waals surface area contributed by atoms with E-state index >= 15 is 0 Å². The zero-order valence-electron chi connectivity index (χ0n) is 22.0. The summed E-state index contributed by atoms with van der Waals surface area (Å²) in [5.41, 5.74) is 6.89. The predicted octanol–water partition coefficient (Wildman–Crippen LogP) is 1.46. The van der Waals surface area contributed by atoms with Crippen LogP contribution in [0.2, 0.25) is 0 Å². The first-order chi connectivity index (χ1) is 18.0. The van der Waals surface area contributed by atoms with Gasteiger partial charge in [-0.3, -0.25) is 4.79 Å². The van der Waals surface area contributed by atoms with E-state index in [1.165, 1.54) is 0 Å². The number of aliphatic hydroxyl groups excluding tert-OH is 1. The Hall–Kier alpha value is -3.06. The highest BCUT2D eigenvalue weighted by Crippen LogP contribution is 2.12. The van der Waals surface area contributed by atoms with Crippen LogP contribution in [0.15, 0.2) is 24.3 Å². The van der Waals surface area contributed by atoms with Gasteiger partial charge in [0.2, 0.25) is 17.8 Å². The predicted molar refractivity (Wildman–Crippen MR) is 145 cm³/mol. The summed E-state index contributed by atoms with van der Waals surface area (Å²) < 4.78 is 10.6. The summed E-state index contributed by atoms with van der Waals surface area (Å²) in [5, 5.41) is 21.4. The average Bonchev–Trinajstić information content (AvgIpc) is 2.89. The highest BCUT2D eigenvalue weighted by atomic mass is 16.5. The molecule has 2 aromatic rings. The van der Waals surface area contributed by atoms with Crippen molar-refractivity contribution in [1.29, 1.82) is 0 Å². The number of nitrogens with zero attached hydrogens (tertiary/aromatic N) is 3. The van der Waals surface area contributed by atoms with Gasteiger partial charge in [-0.25, -0.2) is 0 Å². The summed E-state index contributed by atoms with van der Waals surface area (Å²) in [5.74, 6) is 1.78. The molecule has 0 atom stereocenters. The van der Waals surface area contributed by atoms with Crippen molar-refractivity contribution in [2.24, 2.45) is 11.7 Å². The fraction of sp³-hybridized carbons (Fsp3) is 0.600. The molecular weight excluding hydrogens is 476 g/mol. The largest absolute Gasteiger partial charge is 0.396 e. The minimum atomic E-state index is -0.157. The molecule has 0 radical (unpaired) electrons. The maximum Gasteiger partial charge on any atom is 0.251 e. The number of anilines is 3. The van der Waals surface area contributed by atoms with Crippen molar-refractivity contribution in [2.45, 2.75) is 33.2 Å². The molecule has 1 amide bonds. The summed E-state index contributed by atoms with van der Waals surface area (Å²) in [6.45, 7) is 9.01. The van der Waals surface area contributed by atoms with Crippen molar-refractivity contribution in [2.75, 3.05) is 75.2 Å². The van der Waals surface area contributed by atoms with Crippen molar-refractivity contribution in [3.63, 3.8) is 0 Å². The molecule has 0 spiro atoms. The zero-order valence-corrected chi connectivity index (χ0v) is 22.0. The Morgan fingerprint density at radius 2 is 1.51 bits per heavy atom. The maximum absolute atomic E-state index is 12.3. The number of amides is 1. The first-order valence-corrected chi connectivity index (χ1v) is 12.8. The van der Waals surface area contributed by atoms with Crippen molar-refractivity contribution < 1.29 is 19.4 Å². The number of nitrogens with two attached hydrogens (primary N) is 1. The number of carbonyl (C=O) groups excluding carboxylic acids is 1. The number of ether oxygens (including phenoxy) is 2. The Kier molecular flexibility index (Phi) is 14.9. The van der Waals surface area contributed by atoms with Gasteiger partial charge in [0.1, 0.15) is 0 Å². The van der Waals surface area contributed by atoms with Crippen LogP contribution in [0.3, 0.4) is 0 Å². The van der Waals surface area contributed by atoms with Gasteiger partial charge in [0, 0.05) is 44.9 Å². The molecule has 12 heteroatoms. The number of hydrogen-bond acceptors (Lipinski definition) is 11. The van der Waals surface area contributed by atoms with E-state index in [0.717, 1.165) is 18.5 Å². The van der Waals surface area contributed by atoms with Crippen molar-refractivity contribution in [3.8, 4) is 0 Å². The number of rotatable bonds is 20. The van der Waals surface area contributed by atoms with E-state index in [1.807, 2.05) is 12.1 Å². The number of nitrogens with one attached hydrogen (secondary N) is 4. The fourth-order valence-corrected chi connectivity index (χ4v) is 3.06. The summed E-state index contributed by atoms with van der Waals surface area (Å²) in [6.07, 6.45) is 1.60. The molecule has 0 fully saturated rings. The van der Waals surface area contributed by atoms with Crippen molar-refractivity contribution in [3.05, 3.63) is 35.4 Å². The van der Waals surface area contributed by atoms with Gasteiger partial charge in [-0.2, -0.15) is 15.0 Å². The molecule has 1 aromatic heterocycles. The van der Waals surface area contributed by atoms with Crippen LogP contribution < -0.4 is 27.0 Å². The number of aliphatic hydroxyl groups is 1. The van der Waals surface area contributed by atoms with Gasteiger partial charge in [-0.15, -0.1) is 0 Å². The Labute approximate surface area is 219 Å².